The fourth-order valence-corrected chi connectivity index (χ4v) is 4.53. The van der Waals surface area contributed by atoms with Crippen molar-refractivity contribution in [3.05, 3.63) is 83.3 Å². The summed E-state index contributed by atoms with van der Waals surface area (Å²) in [6, 6.07) is 9.89. The van der Waals surface area contributed by atoms with Crippen LogP contribution in [0.25, 0.3) is 0 Å². The van der Waals surface area contributed by atoms with E-state index in [1.165, 1.54) is 5.56 Å². The van der Waals surface area contributed by atoms with Gasteiger partial charge >= 0.3 is 6.03 Å². The van der Waals surface area contributed by atoms with Crippen LogP contribution < -0.4 is 5.32 Å². The largest absolute Gasteiger partial charge is 0.322 e. The molecule has 2 aromatic rings. The first-order valence-corrected chi connectivity index (χ1v) is 10.9. The van der Waals surface area contributed by atoms with E-state index in [1.807, 2.05) is 35.5 Å². The minimum absolute atomic E-state index is 0.100. The van der Waals surface area contributed by atoms with Crippen molar-refractivity contribution in [1.82, 2.24) is 14.8 Å². The zero-order valence-corrected chi connectivity index (χ0v) is 17.5. The maximum atomic E-state index is 12.6. The van der Waals surface area contributed by atoms with Gasteiger partial charge < -0.3 is 15.1 Å². The molecule has 31 heavy (non-hydrogen) atoms. The zero-order chi connectivity index (χ0) is 21.2. The van der Waals surface area contributed by atoms with Crippen LogP contribution in [0, 0.1) is 0 Å². The highest BCUT2D eigenvalue weighted by atomic mass is 16.2. The number of nitrogens with zero attached hydrogens (tertiary/aromatic N) is 3. The predicted octanol–water partition coefficient (Wildman–Crippen LogP) is 4.57. The summed E-state index contributed by atoms with van der Waals surface area (Å²) in [6.07, 6.45) is 13.6. The second-order valence-corrected chi connectivity index (χ2v) is 8.41. The third-order valence-corrected chi connectivity index (χ3v) is 6.36. The lowest BCUT2D eigenvalue weighted by molar-refractivity contribution is -0.125. The molecular formula is C25H26N4O2. The van der Waals surface area contributed by atoms with Crippen molar-refractivity contribution >= 4 is 17.6 Å². The molecule has 5 rings (SSSR count). The number of anilines is 1. The van der Waals surface area contributed by atoms with E-state index in [-0.39, 0.29) is 17.9 Å². The average molecular weight is 415 g/mol. The highest BCUT2D eigenvalue weighted by Crippen LogP contribution is 2.29. The molecule has 0 fully saturated rings. The van der Waals surface area contributed by atoms with E-state index in [0.29, 0.717) is 13.1 Å². The van der Waals surface area contributed by atoms with E-state index in [4.69, 9.17) is 0 Å². The van der Waals surface area contributed by atoms with Crippen molar-refractivity contribution < 1.29 is 9.59 Å². The average Bonchev–Trinajstić information content (AvgIpc) is 3.49. The predicted molar refractivity (Wildman–Crippen MR) is 119 cm³/mol. The van der Waals surface area contributed by atoms with Gasteiger partial charge in [0.2, 0.25) is 0 Å². The van der Waals surface area contributed by atoms with Crippen LogP contribution in [-0.4, -0.2) is 33.3 Å². The normalized spacial score (nSPS) is 19.9. The zero-order valence-electron chi connectivity index (χ0n) is 17.5. The van der Waals surface area contributed by atoms with Gasteiger partial charge in [0.1, 0.15) is 0 Å². The van der Waals surface area contributed by atoms with E-state index in [2.05, 4.69) is 34.6 Å². The Hall–Kier alpha value is -3.41. The van der Waals surface area contributed by atoms with Gasteiger partial charge in [-0.1, -0.05) is 24.3 Å². The van der Waals surface area contributed by atoms with Gasteiger partial charge in [0.15, 0.2) is 0 Å². The summed E-state index contributed by atoms with van der Waals surface area (Å²) in [5.74, 6) is 0.442. The highest BCUT2D eigenvalue weighted by molar-refractivity contribution is 5.94. The van der Waals surface area contributed by atoms with Crippen LogP contribution in [0.1, 0.15) is 48.3 Å². The maximum absolute atomic E-state index is 12.6. The molecule has 6 heteroatoms. The third kappa shape index (κ3) is 4.10. The lowest BCUT2D eigenvalue weighted by atomic mass is 9.93. The second-order valence-electron chi connectivity index (χ2n) is 8.41. The van der Waals surface area contributed by atoms with Gasteiger partial charge in [0.05, 0.1) is 0 Å². The number of hydrogen-bond acceptors (Lipinski definition) is 3. The van der Waals surface area contributed by atoms with Crippen LogP contribution in [0.5, 0.6) is 0 Å². The number of allylic oxidation sites excluding steroid dienone is 2. The molecule has 0 saturated heterocycles. The summed E-state index contributed by atoms with van der Waals surface area (Å²) in [6.45, 7) is 1.94. The molecule has 3 amide bonds. The first-order chi connectivity index (χ1) is 15.2. The third-order valence-electron chi connectivity index (χ3n) is 6.36. The van der Waals surface area contributed by atoms with Crippen molar-refractivity contribution in [2.45, 2.75) is 44.7 Å². The molecule has 3 aliphatic rings. The Morgan fingerprint density at radius 3 is 2.61 bits per heavy atom. The van der Waals surface area contributed by atoms with Crippen LogP contribution in [-0.2, 0) is 17.9 Å². The molecule has 1 aliphatic carbocycles. The molecule has 0 saturated carbocycles. The summed E-state index contributed by atoms with van der Waals surface area (Å²) < 4.78 is 0. The van der Waals surface area contributed by atoms with Crippen molar-refractivity contribution in [2.75, 3.05) is 11.9 Å². The standard InChI is InChI=1S/C25H26N4O2/c30-24(20-3-1-2-4-20)28-13-10-19(11-14-28)18-5-7-23(8-6-18)27-25(31)29-16-21-9-12-26-15-22(21)17-29/h3,5-10,12-13,15,19H,1-2,4,11,14,16-17H2,(H,27,31). The number of carbonyl (C=O) groups excluding carboxylic acids is 2. The first-order valence-electron chi connectivity index (χ1n) is 10.9. The molecule has 3 heterocycles. The number of urea groups is 1. The van der Waals surface area contributed by atoms with Crippen LogP contribution in [0.15, 0.2) is 66.7 Å². The van der Waals surface area contributed by atoms with Gasteiger partial charge in [-0.2, -0.15) is 0 Å². The molecule has 2 aliphatic heterocycles. The Morgan fingerprint density at radius 1 is 1.06 bits per heavy atom. The molecule has 0 spiro atoms. The molecule has 158 valence electrons. The topological polar surface area (TPSA) is 65.5 Å². The van der Waals surface area contributed by atoms with E-state index >= 15 is 0 Å². The number of carbonyl (C=O) groups is 2. The Labute approximate surface area is 182 Å². The van der Waals surface area contributed by atoms with Crippen molar-refractivity contribution in [3.63, 3.8) is 0 Å². The summed E-state index contributed by atoms with van der Waals surface area (Å²) in [7, 11) is 0. The molecule has 1 N–H and O–H groups in total. The van der Waals surface area contributed by atoms with Gasteiger partial charge in [-0.3, -0.25) is 9.78 Å². The van der Waals surface area contributed by atoms with Gasteiger partial charge in [0, 0.05) is 55.4 Å². The number of hydrogen-bond donors (Lipinski definition) is 1. The number of amides is 3. The fourth-order valence-electron chi connectivity index (χ4n) is 4.53. The minimum Gasteiger partial charge on any atom is -0.316 e. The lowest BCUT2D eigenvalue weighted by Gasteiger charge is -2.27. The van der Waals surface area contributed by atoms with Gasteiger partial charge in [-0.15, -0.1) is 0 Å². The SMILES string of the molecule is O=C(C1=CCCC1)N1C=CC(c2ccc(NC(=O)N3Cc4ccncc4C3)cc2)CC1. The smallest absolute Gasteiger partial charge is 0.316 e. The van der Waals surface area contributed by atoms with E-state index in [9.17, 15) is 9.59 Å². The van der Waals surface area contributed by atoms with E-state index in [1.54, 1.807) is 11.1 Å². The summed E-state index contributed by atoms with van der Waals surface area (Å²) in [5, 5.41) is 2.99. The number of nitrogens with one attached hydrogen (secondary N) is 1. The Balaban J connectivity index is 1.18. The monoisotopic (exact) mass is 414 g/mol. The molecule has 1 atom stereocenters. The number of rotatable bonds is 3. The van der Waals surface area contributed by atoms with E-state index in [0.717, 1.165) is 54.6 Å². The summed E-state index contributed by atoms with van der Waals surface area (Å²) in [4.78, 5) is 32.9. The van der Waals surface area contributed by atoms with Crippen LogP contribution in [0.2, 0.25) is 0 Å². The molecule has 1 aromatic heterocycles. The molecule has 6 nitrogen and oxygen atoms in total. The molecule has 1 aromatic carbocycles. The van der Waals surface area contributed by atoms with Crippen molar-refractivity contribution in [2.24, 2.45) is 0 Å². The van der Waals surface area contributed by atoms with Crippen molar-refractivity contribution in [1.29, 1.82) is 0 Å². The maximum Gasteiger partial charge on any atom is 0.322 e. The Bertz CT molecular complexity index is 1030. The number of aromatic nitrogens is 1. The molecule has 0 bridgehead atoms. The first kappa shape index (κ1) is 19.5. The highest BCUT2D eigenvalue weighted by Gasteiger charge is 2.24. The van der Waals surface area contributed by atoms with E-state index < -0.39 is 0 Å². The van der Waals surface area contributed by atoms with Gasteiger partial charge in [0.25, 0.3) is 5.91 Å². The number of benzene rings is 1. The number of fused-ring (bicyclic) bond motifs is 1. The Kier molecular flexibility index (Phi) is 5.28. The Morgan fingerprint density at radius 2 is 1.90 bits per heavy atom. The lowest BCUT2D eigenvalue weighted by Crippen LogP contribution is -2.31. The molecule has 0 radical (unpaired) electrons. The second kappa shape index (κ2) is 8.38. The summed E-state index contributed by atoms with van der Waals surface area (Å²) >= 11 is 0. The minimum atomic E-state index is -0.100. The van der Waals surface area contributed by atoms with Crippen LogP contribution in [0.4, 0.5) is 10.5 Å². The fraction of sp³-hybridized carbons (Fsp3) is 0.320. The quantitative estimate of drug-likeness (QED) is 0.800. The van der Waals surface area contributed by atoms with Crippen LogP contribution in [0.3, 0.4) is 0 Å². The van der Waals surface area contributed by atoms with Crippen LogP contribution >= 0.6 is 0 Å². The molecule has 1 unspecified atom stereocenters. The van der Waals surface area contributed by atoms with Crippen molar-refractivity contribution in [3.8, 4) is 0 Å². The van der Waals surface area contributed by atoms with Gasteiger partial charge in [-0.05, 0) is 60.6 Å². The van der Waals surface area contributed by atoms with Gasteiger partial charge in [-0.25, -0.2) is 4.79 Å². The molecular weight excluding hydrogens is 388 g/mol. The number of pyridine rings is 1. The summed E-state index contributed by atoms with van der Waals surface area (Å²) in [5.41, 5.74) is 5.20.